The number of hydrogen-bond acceptors (Lipinski definition) is 4. The largest absolute Gasteiger partial charge is 0.397 e. The van der Waals surface area contributed by atoms with Crippen molar-refractivity contribution < 1.29 is 30.7 Å². The molecule has 0 amide bonds. The zero-order valence-electron chi connectivity index (χ0n) is 17.8. The maximum absolute atomic E-state index is 14.1. The van der Waals surface area contributed by atoms with Gasteiger partial charge in [-0.25, -0.2) is 8.78 Å². The van der Waals surface area contributed by atoms with Gasteiger partial charge in [-0.3, -0.25) is 9.67 Å². The summed E-state index contributed by atoms with van der Waals surface area (Å²) in [5, 5.41) is 6.50. The number of aromatic nitrogens is 3. The fourth-order valence-corrected chi connectivity index (χ4v) is 4.01. The Hall–Kier alpha value is -3.05. The normalized spacial score (nSPS) is 17.4. The molecule has 1 fully saturated rings. The lowest BCUT2D eigenvalue weighted by Gasteiger charge is -2.48. The van der Waals surface area contributed by atoms with Crippen molar-refractivity contribution >= 4 is 17.1 Å². The van der Waals surface area contributed by atoms with Crippen molar-refractivity contribution in [2.75, 3.05) is 5.32 Å². The van der Waals surface area contributed by atoms with E-state index in [2.05, 4.69) is 28.6 Å². The molecule has 2 aromatic heterocycles. The third-order valence-electron chi connectivity index (χ3n) is 5.52. The van der Waals surface area contributed by atoms with Gasteiger partial charge in [0.05, 0.1) is 34.7 Å². The van der Waals surface area contributed by atoms with Crippen LogP contribution in [0.25, 0.3) is 11.4 Å². The SMILES string of the molecule is C=C(N)c1cc(NC(=C)c2c(C)c(C(C)(F)F)nn2CC2(C(F)(F)F)CC(F)(F)C2)ccn1. The zero-order chi connectivity index (χ0) is 25.0. The average Bonchev–Trinajstić information content (AvgIpc) is 2.95. The summed E-state index contributed by atoms with van der Waals surface area (Å²) in [4.78, 5) is 3.99. The minimum atomic E-state index is -4.99. The Morgan fingerprint density at radius 1 is 1.21 bits per heavy atom. The lowest BCUT2D eigenvalue weighted by atomic mass is 9.65. The van der Waals surface area contributed by atoms with E-state index in [1.54, 1.807) is 0 Å². The third kappa shape index (κ3) is 4.69. The van der Waals surface area contributed by atoms with Crippen LogP contribution in [0.15, 0.2) is 31.5 Å². The molecule has 0 unspecified atom stereocenters. The summed E-state index contributed by atoms with van der Waals surface area (Å²) in [6, 6.07) is 2.97. The molecule has 0 radical (unpaired) electrons. The second-order valence-corrected chi connectivity index (χ2v) is 8.41. The molecule has 1 aliphatic carbocycles. The van der Waals surface area contributed by atoms with Crippen LogP contribution < -0.4 is 11.1 Å². The van der Waals surface area contributed by atoms with Crippen LogP contribution in [0.5, 0.6) is 0 Å². The molecule has 5 nitrogen and oxygen atoms in total. The fraction of sp³-hybridized carbons (Fsp3) is 0.429. The van der Waals surface area contributed by atoms with E-state index in [1.165, 1.54) is 25.3 Å². The van der Waals surface area contributed by atoms with E-state index in [0.717, 1.165) is 0 Å². The predicted octanol–water partition coefficient (Wildman–Crippen LogP) is 5.69. The van der Waals surface area contributed by atoms with Gasteiger partial charge in [-0.05, 0) is 19.1 Å². The molecule has 3 rings (SSSR count). The third-order valence-corrected chi connectivity index (χ3v) is 5.52. The lowest BCUT2D eigenvalue weighted by Crippen LogP contribution is -2.57. The summed E-state index contributed by atoms with van der Waals surface area (Å²) < 4.78 is 97.1. The van der Waals surface area contributed by atoms with E-state index in [9.17, 15) is 30.7 Å². The van der Waals surface area contributed by atoms with Crippen molar-refractivity contribution in [2.24, 2.45) is 11.1 Å². The second kappa shape index (κ2) is 7.77. The van der Waals surface area contributed by atoms with Gasteiger partial charge in [0, 0.05) is 37.2 Å². The Balaban J connectivity index is 2.04. The van der Waals surface area contributed by atoms with Crippen molar-refractivity contribution in [1.29, 1.82) is 0 Å². The Kier molecular flexibility index (Phi) is 5.79. The zero-order valence-corrected chi connectivity index (χ0v) is 17.8. The predicted molar refractivity (Wildman–Crippen MR) is 109 cm³/mol. The summed E-state index contributed by atoms with van der Waals surface area (Å²) in [7, 11) is 0. The van der Waals surface area contributed by atoms with E-state index in [0.29, 0.717) is 23.0 Å². The van der Waals surface area contributed by atoms with Crippen LogP contribution in [0, 0.1) is 12.3 Å². The standard InChI is InChI=1S/C21H22F7N5/c1-11-16(13(3)31-14-5-6-30-15(7-14)12(2)29)33(32-17(11)18(4,22)23)10-19(21(26,27)28)8-20(24,25)9-19/h5-7H,2-3,8-10,29H2,1,4H3,(H,30,31). The first-order valence-electron chi connectivity index (χ1n) is 9.73. The molecule has 3 N–H and O–H groups in total. The van der Waals surface area contributed by atoms with Crippen molar-refractivity contribution in [3.8, 4) is 0 Å². The van der Waals surface area contributed by atoms with Gasteiger partial charge in [-0.1, -0.05) is 13.2 Å². The first-order valence-corrected chi connectivity index (χ1v) is 9.73. The molecule has 33 heavy (non-hydrogen) atoms. The Labute approximate surface area is 185 Å². The highest BCUT2D eigenvalue weighted by atomic mass is 19.4. The summed E-state index contributed by atoms with van der Waals surface area (Å²) in [6.07, 6.45) is -6.51. The van der Waals surface area contributed by atoms with Gasteiger partial charge in [0.2, 0.25) is 5.92 Å². The molecular weight excluding hydrogens is 455 g/mol. The van der Waals surface area contributed by atoms with Crippen LogP contribution in [-0.2, 0) is 12.5 Å². The molecular formula is C21H22F7N5. The average molecular weight is 477 g/mol. The summed E-state index contributed by atoms with van der Waals surface area (Å²) in [5.41, 5.74) is 2.52. The highest BCUT2D eigenvalue weighted by Gasteiger charge is 2.69. The van der Waals surface area contributed by atoms with Gasteiger partial charge < -0.3 is 11.1 Å². The maximum atomic E-state index is 14.1. The Morgan fingerprint density at radius 2 is 1.82 bits per heavy atom. The highest BCUT2D eigenvalue weighted by Crippen LogP contribution is 2.61. The Morgan fingerprint density at radius 3 is 2.30 bits per heavy atom. The van der Waals surface area contributed by atoms with E-state index in [1.807, 2.05) is 0 Å². The van der Waals surface area contributed by atoms with E-state index < -0.39 is 48.5 Å². The molecule has 0 aliphatic heterocycles. The minimum Gasteiger partial charge on any atom is -0.397 e. The molecule has 2 heterocycles. The minimum absolute atomic E-state index is 0.0568. The molecule has 1 aliphatic rings. The van der Waals surface area contributed by atoms with Crippen LogP contribution in [0.3, 0.4) is 0 Å². The molecule has 2 aromatic rings. The number of halogens is 7. The number of nitrogens with zero attached hydrogens (tertiary/aromatic N) is 3. The molecule has 180 valence electrons. The molecule has 0 saturated heterocycles. The van der Waals surface area contributed by atoms with Crippen molar-refractivity contribution in [3.05, 3.63) is 54.1 Å². The molecule has 0 spiro atoms. The smallest absolute Gasteiger partial charge is 0.396 e. The fourth-order valence-electron chi connectivity index (χ4n) is 4.01. The van der Waals surface area contributed by atoms with Gasteiger partial charge in [0.1, 0.15) is 5.69 Å². The van der Waals surface area contributed by atoms with Crippen LogP contribution in [0.2, 0.25) is 0 Å². The first kappa shape index (κ1) is 24.6. The van der Waals surface area contributed by atoms with Gasteiger partial charge in [0.25, 0.3) is 5.92 Å². The van der Waals surface area contributed by atoms with E-state index in [4.69, 9.17) is 5.73 Å². The summed E-state index contributed by atoms with van der Waals surface area (Å²) >= 11 is 0. The molecule has 0 aromatic carbocycles. The van der Waals surface area contributed by atoms with E-state index >= 15 is 0 Å². The van der Waals surface area contributed by atoms with Crippen molar-refractivity contribution in [3.63, 3.8) is 0 Å². The van der Waals surface area contributed by atoms with Gasteiger partial charge in [0.15, 0.2) is 0 Å². The number of nitrogens with two attached hydrogens (primary N) is 1. The topological polar surface area (TPSA) is 68.8 Å². The van der Waals surface area contributed by atoms with Gasteiger partial charge in [-0.2, -0.15) is 27.1 Å². The summed E-state index contributed by atoms with van der Waals surface area (Å²) in [5.74, 6) is -6.98. The van der Waals surface area contributed by atoms with Gasteiger partial charge >= 0.3 is 6.18 Å². The molecule has 1 saturated carbocycles. The first-order chi connectivity index (χ1) is 15.0. The van der Waals surface area contributed by atoms with Crippen molar-refractivity contribution in [1.82, 2.24) is 14.8 Å². The van der Waals surface area contributed by atoms with Gasteiger partial charge in [-0.15, -0.1) is 0 Å². The number of alkyl halides is 7. The monoisotopic (exact) mass is 477 g/mol. The van der Waals surface area contributed by atoms with Crippen LogP contribution in [-0.4, -0.2) is 26.9 Å². The van der Waals surface area contributed by atoms with E-state index in [-0.39, 0.29) is 22.7 Å². The molecule has 0 atom stereocenters. The number of hydrogen-bond donors (Lipinski definition) is 2. The highest BCUT2D eigenvalue weighted by molar-refractivity contribution is 5.76. The van der Waals surface area contributed by atoms with Crippen molar-refractivity contribution in [2.45, 2.75) is 51.3 Å². The number of pyridine rings is 1. The number of anilines is 1. The lowest BCUT2D eigenvalue weighted by molar-refractivity contribution is -0.314. The maximum Gasteiger partial charge on any atom is 0.396 e. The van der Waals surface area contributed by atoms with Crippen LogP contribution in [0.1, 0.15) is 42.4 Å². The quantitative estimate of drug-likeness (QED) is 0.503. The molecule has 12 heteroatoms. The number of rotatable bonds is 7. The number of nitrogens with one attached hydrogen (secondary N) is 1. The summed E-state index contributed by atoms with van der Waals surface area (Å²) in [6.45, 7) is 8.06. The molecule has 0 bridgehead atoms. The second-order valence-electron chi connectivity index (χ2n) is 8.41. The van der Waals surface area contributed by atoms with Crippen LogP contribution in [0.4, 0.5) is 36.4 Å². The Bertz CT molecular complexity index is 1090. The van der Waals surface area contributed by atoms with Crippen LogP contribution >= 0.6 is 0 Å².